The summed E-state index contributed by atoms with van der Waals surface area (Å²) in [6.07, 6.45) is 3.39. The van der Waals surface area contributed by atoms with E-state index in [1.807, 2.05) is 30.3 Å². The van der Waals surface area contributed by atoms with E-state index >= 15 is 0 Å². The van der Waals surface area contributed by atoms with Gasteiger partial charge in [-0.05, 0) is 30.3 Å². The van der Waals surface area contributed by atoms with Crippen LogP contribution in [0.2, 0.25) is 0 Å². The first-order valence-electron chi connectivity index (χ1n) is 10.3. The highest BCUT2D eigenvalue weighted by Gasteiger charge is 2.25. The molecule has 0 atom stereocenters. The number of benzene rings is 1. The molecule has 6 heteroatoms. The highest BCUT2D eigenvalue weighted by atomic mass is 16.3. The number of rotatable bonds is 2. The molecule has 0 amide bonds. The molecule has 1 aromatic carbocycles. The van der Waals surface area contributed by atoms with E-state index in [0.717, 1.165) is 39.4 Å². The highest BCUT2D eigenvalue weighted by Crippen LogP contribution is 2.29. The molecule has 0 radical (unpaired) electrons. The van der Waals surface area contributed by atoms with E-state index in [4.69, 9.17) is 15.0 Å². The minimum Gasteiger partial charge on any atom is -0.507 e. The summed E-state index contributed by atoms with van der Waals surface area (Å²) in [5.74, 6) is 2.40. The minimum atomic E-state index is -0.186. The van der Waals surface area contributed by atoms with Gasteiger partial charge in [0.15, 0.2) is 5.82 Å². The molecule has 31 heavy (non-hydrogen) atoms. The maximum atomic E-state index is 9.98. The third-order valence-corrected chi connectivity index (χ3v) is 5.01. The second kappa shape index (κ2) is 7.38. The number of hydrogen-bond acceptors (Lipinski definition) is 6. The second-order valence-electron chi connectivity index (χ2n) is 9.80. The molecule has 0 fully saturated rings. The molecule has 1 N–H and O–H groups in total. The van der Waals surface area contributed by atoms with Crippen LogP contribution in [0.4, 0.5) is 0 Å². The Morgan fingerprint density at radius 2 is 1.35 bits per heavy atom. The van der Waals surface area contributed by atoms with Gasteiger partial charge in [0, 0.05) is 39.7 Å². The van der Waals surface area contributed by atoms with Crippen molar-refractivity contribution < 1.29 is 5.11 Å². The summed E-state index contributed by atoms with van der Waals surface area (Å²) < 4.78 is 0. The van der Waals surface area contributed by atoms with Gasteiger partial charge in [-0.1, -0.05) is 47.6 Å². The fraction of sp³-hybridized carbons (Fsp3) is 0.320. The zero-order valence-electron chi connectivity index (χ0n) is 18.8. The molecule has 0 unspecified atom stereocenters. The van der Waals surface area contributed by atoms with Gasteiger partial charge in [0.2, 0.25) is 0 Å². The molecule has 3 heterocycles. The van der Waals surface area contributed by atoms with E-state index < -0.39 is 0 Å². The van der Waals surface area contributed by atoms with Gasteiger partial charge < -0.3 is 5.11 Å². The van der Waals surface area contributed by atoms with Crippen LogP contribution in [-0.2, 0) is 10.8 Å². The van der Waals surface area contributed by atoms with E-state index in [9.17, 15) is 5.11 Å². The van der Waals surface area contributed by atoms with Crippen LogP contribution in [0.1, 0.15) is 53.2 Å². The summed E-state index contributed by atoms with van der Waals surface area (Å²) in [6, 6.07) is 11.2. The summed E-state index contributed by atoms with van der Waals surface area (Å²) in [5.41, 5.74) is 2.95. The monoisotopic (exact) mass is 413 g/mol. The topological polar surface area (TPSA) is 84.7 Å². The van der Waals surface area contributed by atoms with Crippen LogP contribution < -0.4 is 0 Å². The summed E-state index contributed by atoms with van der Waals surface area (Å²) in [6.45, 7) is 12.6. The first-order valence-corrected chi connectivity index (χ1v) is 10.3. The molecule has 0 aliphatic rings. The smallest absolute Gasteiger partial charge is 0.164 e. The van der Waals surface area contributed by atoms with Crippen molar-refractivity contribution in [2.45, 2.75) is 52.4 Å². The van der Waals surface area contributed by atoms with Crippen molar-refractivity contribution in [3.8, 4) is 28.4 Å². The molecule has 0 bridgehead atoms. The van der Waals surface area contributed by atoms with Gasteiger partial charge in [-0.25, -0.2) is 15.0 Å². The number of fused-ring (bicyclic) bond motifs is 1. The van der Waals surface area contributed by atoms with Crippen molar-refractivity contribution >= 4 is 10.9 Å². The minimum absolute atomic E-state index is 0.186. The van der Waals surface area contributed by atoms with Crippen LogP contribution in [0.3, 0.4) is 0 Å². The van der Waals surface area contributed by atoms with Gasteiger partial charge in [-0.2, -0.15) is 0 Å². The molecule has 4 rings (SSSR count). The summed E-state index contributed by atoms with van der Waals surface area (Å²) in [7, 11) is 0. The fourth-order valence-electron chi connectivity index (χ4n) is 3.17. The number of pyridine rings is 2. The molecule has 158 valence electrons. The largest absolute Gasteiger partial charge is 0.507 e. The third-order valence-electron chi connectivity index (χ3n) is 5.01. The van der Waals surface area contributed by atoms with Gasteiger partial charge in [0.05, 0.1) is 11.2 Å². The van der Waals surface area contributed by atoms with E-state index in [2.05, 4.69) is 51.5 Å². The van der Waals surface area contributed by atoms with Crippen molar-refractivity contribution in [1.82, 2.24) is 24.9 Å². The molecule has 0 saturated heterocycles. The Hall–Kier alpha value is -3.41. The van der Waals surface area contributed by atoms with Crippen LogP contribution in [0, 0.1) is 0 Å². The first kappa shape index (κ1) is 20.8. The van der Waals surface area contributed by atoms with Crippen LogP contribution in [-0.4, -0.2) is 30.0 Å². The molecular formula is C25H27N5O. The predicted octanol–water partition coefficient (Wildman–Crippen LogP) is 5.45. The zero-order chi connectivity index (χ0) is 22.4. The summed E-state index contributed by atoms with van der Waals surface area (Å²) >= 11 is 0. The summed E-state index contributed by atoms with van der Waals surface area (Å²) in [5, 5.41) is 10.7. The van der Waals surface area contributed by atoms with Crippen LogP contribution >= 0.6 is 0 Å². The average molecular weight is 414 g/mol. The van der Waals surface area contributed by atoms with Gasteiger partial charge in [-0.3, -0.25) is 9.97 Å². The van der Waals surface area contributed by atoms with Crippen molar-refractivity contribution in [3.05, 3.63) is 60.4 Å². The van der Waals surface area contributed by atoms with Gasteiger partial charge >= 0.3 is 0 Å². The Bertz CT molecular complexity index is 1220. The normalized spacial score (nSPS) is 12.3. The van der Waals surface area contributed by atoms with Crippen LogP contribution in [0.25, 0.3) is 33.5 Å². The van der Waals surface area contributed by atoms with E-state index in [1.54, 1.807) is 18.5 Å². The maximum Gasteiger partial charge on any atom is 0.164 e. The van der Waals surface area contributed by atoms with Gasteiger partial charge in [0.1, 0.15) is 17.4 Å². The third kappa shape index (κ3) is 4.24. The highest BCUT2D eigenvalue weighted by molar-refractivity contribution is 5.88. The average Bonchev–Trinajstić information content (AvgIpc) is 2.72. The molecule has 4 aromatic rings. The molecular weight excluding hydrogens is 386 g/mol. The lowest BCUT2D eigenvalue weighted by atomic mass is 9.93. The molecule has 0 spiro atoms. The van der Waals surface area contributed by atoms with Crippen molar-refractivity contribution in [1.29, 1.82) is 0 Å². The van der Waals surface area contributed by atoms with Crippen LogP contribution in [0.5, 0.6) is 5.75 Å². The standard InChI is InChI=1S/C25H27N5O/c1-24(2,3)22-28-21(29-23(30-22)25(4,5)6)16-8-10-18(27-14-16)15-7-9-17-19(13-15)26-12-11-20(17)31/h7-14H,1-6H3,(H,26,31). The number of aromatic nitrogens is 5. The predicted molar refractivity (Wildman–Crippen MR) is 123 cm³/mol. The molecule has 0 aliphatic carbocycles. The Kier molecular flexibility index (Phi) is 4.96. The first-order chi connectivity index (χ1) is 14.5. The maximum absolute atomic E-state index is 9.98. The summed E-state index contributed by atoms with van der Waals surface area (Å²) in [4.78, 5) is 23.2. The number of nitrogens with zero attached hydrogens (tertiary/aromatic N) is 5. The van der Waals surface area contributed by atoms with E-state index in [0.29, 0.717) is 5.82 Å². The fourth-order valence-corrected chi connectivity index (χ4v) is 3.17. The van der Waals surface area contributed by atoms with E-state index in [-0.39, 0.29) is 16.6 Å². The Morgan fingerprint density at radius 1 is 0.710 bits per heavy atom. The SMILES string of the molecule is CC(C)(C)c1nc(-c2ccc(-c3ccc4c(O)ccnc4c3)nc2)nc(C(C)(C)C)n1. The van der Waals surface area contributed by atoms with Crippen LogP contribution in [0.15, 0.2) is 48.8 Å². The molecule has 6 nitrogen and oxygen atoms in total. The van der Waals surface area contributed by atoms with E-state index in [1.165, 1.54) is 0 Å². The Labute approximate surface area is 182 Å². The zero-order valence-corrected chi connectivity index (χ0v) is 18.8. The lowest BCUT2D eigenvalue weighted by Crippen LogP contribution is -2.24. The quantitative estimate of drug-likeness (QED) is 0.470. The Balaban J connectivity index is 1.75. The number of aromatic hydroxyl groups is 1. The van der Waals surface area contributed by atoms with Crippen molar-refractivity contribution in [2.24, 2.45) is 0 Å². The molecule has 3 aromatic heterocycles. The molecule has 0 saturated carbocycles. The van der Waals surface area contributed by atoms with Gasteiger partial charge in [0.25, 0.3) is 0 Å². The van der Waals surface area contributed by atoms with Crippen molar-refractivity contribution in [2.75, 3.05) is 0 Å². The number of hydrogen-bond donors (Lipinski definition) is 1. The lowest BCUT2D eigenvalue weighted by Gasteiger charge is -2.22. The Morgan fingerprint density at radius 3 is 1.94 bits per heavy atom. The van der Waals surface area contributed by atoms with Crippen molar-refractivity contribution in [3.63, 3.8) is 0 Å². The molecule has 0 aliphatic heterocycles. The van der Waals surface area contributed by atoms with Gasteiger partial charge in [-0.15, -0.1) is 0 Å². The second-order valence-corrected chi connectivity index (χ2v) is 9.80. The lowest BCUT2D eigenvalue weighted by molar-refractivity contribution is 0.481.